The highest BCUT2D eigenvalue weighted by atomic mass is 32.1. The molecule has 5 nitrogen and oxygen atoms in total. The molecule has 0 N–H and O–H groups in total. The second kappa shape index (κ2) is 24.2. The molecule has 0 amide bonds. The zero-order valence-corrected chi connectivity index (χ0v) is 38.6. The molecule has 5 aromatic heterocycles. The van der Waals surface area contributed by atoms with Gasteiger partial charge in [0, 0.05) is 74.8 Å². The van der Waals surface area contributed by atoms with Crippen LogP contribution < -0.4 is 0 Å². The highest BCUT2D eigenvalue weighted by molar-refractivity contribution is 7.29. The Morgan fingerprint density at radius 3 is 1.18 bits per heavy atom. The molecule has 2 aromatic carbocycles. The Hall–Kier alpha value is -3.52. The third-order valence-electron chi connectivity index (χ3n) is 9.68. The standard InChI is InChI=1S/C50H54O5S5/c1-3-5-28-52-33-34-53-29-26-41-16-18-43(56-41)39-12-8-37(9-13-39)6-7-38-10-14-40(15-11-38)44-20-21-47(58-44)48-24-25-50(60-48)49-23-22-46(59-49)45-19-17-42(57-45)27-30-54-35-36-55-32-31-51-4-2/h6-25H,3-5,26-36H2,1-2H3. The molecule has 5 heterocycles. The summed E-state index contributed by atoms with van der Waals surface area (Å²) in [4.78, 5) is 13.1. The molecule has 0 spiro atoms. The van der Waals surface area contributed by atoms with Crippen molar-refractivity contribution in [1.29, 1.82) is 0 Å². The minimum Gasteiger partial charge on any atom is -0.379 e. The molecule has 0 saturated carbocycles. The number of unbranched alkanes of at least 4 members (excludes halogenated alkanes) is 1. The molecule has 7 rings (SSSR count). The highest BCUT2D eigenvalue weighted by Crippen LogP contribution is 2.44. The van der Waals surface area contributed by atoms with Crippen LogP contribution in [-0.4, -0.2) is 66.1 Å². The molecule has 60 heavy (non-hydrogen) atoms. The lowest BCUT2D eigenvalue weighted by molar-refractivity contribution is 0.0176. The first-order valence-corrected chi connectivity index (χ1v) is 25.0. The number of benzene rings is 2. The van der Waals surface area contributed by atoms with Gasteiger partial charge < -0.3 is 23.7 Å². The van der Waals surface area contributed by atoms with Crippen molar-refractivity contribution >= 4 is 68.8 Å². The Balaban J connectivity index is 0.855. The van der Waals surface area contributed by atoms with E-state index in [9.17, 15) is 0 Å². The van der Waals surface area contributed by atoms with E-state index in [2.05, 4.69) is 128 Å². The van der Waals surface area contributed by atoms with Crippen LogP contribution in [0.5, 0.6) is 0 Å². The third-order valence-corrected chi connectivity index (χ3v) is 15.9. The number of hydrogen-bond acceptors (Lipinski definition) is 10. The van der Waals surface area contributed by atoms with Gasteiger partial charge in [-0.1, -0.05) is 74.0 Å². The number of ether oxygens (including phenoxy) is 5. The molecule has 0 saturated heterocycles. The van der Waals surface area contributed by atoms with Crippen molar-refractivity contribution in [1.82, 2.24) is 0 Å². The first-order valence-electron chi connectivity index (χ1n) is 20.9. The summed E-state index contributed by atoms with van der Waals surface area (Å²) in [6, 6.07) is 40.2. The van der Waals surface area contributed by atoms with Crippen LogP contribution in [0.25, 0.3) is 62.3 Å². The fourth-order valence-corrected chi connectivity index (χ4v) is 11.6. The SMILES string of the molecule is CCCCOCCOCCc1ccc(-c2ccc(C=Cc3ccc(-c4ccc(-c5ccc(-c6ccc(-c7ccc(CCOCCOCCOCC)s7)s6)s5)s4)cc3)cc2)s1. The van der Waals surface area contributed by atoms with Crippen molar-refractivity contribution in [2.45, 2.75) is 39.5 Å². The van der Waals surface area contributed by atoms with Crippen molar-refractivity contribution in [3.05, 3.63) is 130 Å². The lowest BCUT2D eigenvalue weighted by Gasteiger charge is -2.05. The molecule has 7 aromatic rings. The van der Waals surface area contributed by atoms with Gasteiger partial charge in [0.05, 0.1) is 52.9 Å². The van der Waals surface area contributed by atoms with Crippen LogP contribution in [0, 0.1) is 0 Å². The average molecular weight is 895 g/mol. The van der Waals surface area contributed by atoms with E-state index in [1.54, 1.807) is 0 Å². The van der Waals surface area contributed by atoms with Gasteiger partial charge >= 0.3 is 0 Å². The molecule has 10 heteroatoms. The maximum atomic E-state index is 5.78. The summed E-state index contributed by atoms with van der Waals surface area (Å²) < 4.78 is 28.0. The van der Waals surface area contributed by atoms with Crippen LogP contribution in [0.1, 0.15) is 47.6 Å². The monoisotopic (exact) mass is 894 g/mol. The van der Waals surface area contributed by atoms with Gasteiger partial charge in [0.25, 0.3) is 0 Å². The van der Waals surface area contributed by atoms with E-state index in [0.29, 0.717) is 46.2 Å². The quantitative estimate of drug-likeness (QED) is 0.0400. The second-order valence-corrected chi connectivity index (χ2v) is 19.7. The van der Waals surface area contributed by atoms with E-state index < -0.39 is 0 Å². The number of rotatable bonds is 26. The summed E-state index contributed by atoms with van der Waals surface area (Å²) in [5.74, 6) is 0. The lowest BCUT2D eigenvalue weighted by atomic mass is 10.1. The molecule has 0 fully saturated rings. The van der Waals surface area contributed by atoms with Crippen molar-refractivity contribution in [2.75, 3.05) is 66.1 Å². The molecule has 314 valence electrons. The molecule has 0 radical (unpaired) electrons. The fraction of sp³-hybridized carbons (Fsp3) is 0.320. The van der Waals surface area contributed by atoms with E-state index in [0.717, 1.165) is 45.5 Å². The molecule has 0 aliphatic rings. The van der Waals surface area contributed by atoms with Crippen LogP contribution >= 0.6 is 56.7 Å². The van der Waals surface area contributed by atoms with Gasteiger partial charge in [-0.15, -0.1) is 56.7 Å². The zero-order chi connectivity index (χ0) is 41.2. The highest BCUT2D eigenvalue weighted by Gasteiger charge is 2.13. The summed E-state index contributed by atoms with van der Waals surface area (Å²) in [5, 5.41) is 0. The van der Waals surface area contributed by atoms with Gasteiger partial charge in [0.2, 0.25) is 0 Å². The summed E-state index contributed by atoms with van der Waals surface area (Å²) in [5.41, 5.74) is 4.88. The summed E-state index contributed by atoms with van der Waals surface area (Å²) in [7, 11) is 0. The molecule has 0 unspecified atom stereocenters. The number of thiophene rings is 5. The van der Waals surface area contributed by atoms with E-state index >= 15 is 0 Å². The van der Waals surface area contributed by atoms with Gasteiger partial charge in [0.1, 0.15) is 0 Å². The van der Waals surface area contributed by atoms with Gasteiger partial charge in [0.15, 0.2) is 0 Å². The van der Waals surface area contributed by atoms with Crippen LogP contribution in [-0.2, 0) is 36.5 Å². The zero-order valence-electron chi connectivity index (χ0n) is 34.5. The molecule has 0 aliphatic heterocycles. The van der Waals surface area contributed by atoms with Gasteiger partial charge in [-0.3, -0.25) is 0 Å². The Morgan fingerprint density at radius 1 is 0.350 bits per heavy atom. The van der Waals surface area contributed by atoms with Crippen molar-refractivity contribution in [3.63, 3.8) is 0 Å². The minimum absolute atomic E-state index is 0.606. The molecule has 0 atom stereocenters. The maximum Gasteiger partial charge on any atom is 0.0701 e. The van der Waals surface area contributed by atoms with Crippen LogP contribution in [0.4, 0.5) is 0 Å². The van der Waals surface area contributed by atoms with Gasteiger partial charge in [-0.25, -0.2) is 0 Å². The van der Waals surface area contributed by atoms with E-state index in [1.807, 2.05) is 63.6 Å². The van der Waals surface area contributed by atoms with Crippen LogP contribution in [0.3, 0.4) is 0 Å². The van der Waals surface area contributed by atoms with E-state index in [4.69, 9.17) is 23.7 Å². The second-order valence-electron chi connectivity index (χ2n) is 14.1. The largest absolute Gasteiger partial charge is 0.379 e. The summed E-state index contributed by atoms with van der Waals surface area (Å²) in [6.45, 7) is 11.0. The normalized spacial score (nSPS) is 11.7. The topological polar surface area (TPSA) is 46.2 Å². The van der Waals surface area contributed by atoms with Crippen molar-refractivity contribution in [2.24, 2.45) is 0 Å². The smallest absolute Gasteiger partial charge is 0.0701 e. The Bertz CT molecular complexity index is 2310. The van der Waals surface area contributed by atoms with E-state index in [-0.39, 0.29) is 0 Å². The first-order chi connectivity index (χ1) is 29.6. The predicted molar refractivity (Wildman–Crippen MR) is 260 cm³/mol. The number of hydrogen-bond donors (Lipinski definition) is 0. The average Bonchev–Trinajstić information content (AvgIpc) is 4.14. The maximum absolute atomic E-state index is 5.78. The summed E-state index contributed by atoms with van der Waals surface area (Å²) >= 11 is 9.31. The summed E-state index contributed by atoms with van der Waals surface area (Å²) in [6.07, 6.45) is 8.51. The van der Waals surface area contributed by atoms with Gasteiger partial charge in [-0.05, 0) is 96.3 Å². The lowest BCUT2D eigenvalue weighted by Crippen LogP contribution is -2.10. The molecular formula is C50H54O5S5. The van der Waals surface area contributed by atoms with Crippen molar-refractivity contribution in [3.8, 4) is 50.1 Å². The fourth-order valence-electron chi connectivity index (χ4n) is 6.35. The minimum atomic E-state index is 0.606. The molecular weight excluding hydrogens is 841 g/mol. The van der Waals surface area contributed by atoms with Crippen LogP contribution in [0.2, 0.25) is 0 Å². The van der Waals surface area contributed by atoms with Gasteiger partial charge in [-0.2, -0.15) is 0 Å². The van der Waals surface area contributed by atoms with Crippen LogP contribution in [0.15, 0.2) is 109 Å². The predicted octanol–water partition coefficient (Wildman–Crippen LogP) is 14.5. The Labute approximate surface area is 375 Å². The molecule has 0 aliphatic carbocycles. The van der Waals surface area contributed by atoms with Crippen molar-refractivity contribution < 1.29 is 23.7 Å². The Kier molecular flexibility index (Phi) is 18.0. The Morgan fingerprint density at radius 2 is 0.700 bits per heavy atom. The third kappa shape index (κ3) is 13.5. The first kappa shape index (κ1) is 44.5. The molecule has 0 bridgehead atoms. The van der Waals surface area contributed by atoms with E-state index in [1.165, 1.54) is 71.0 Å².